The number of esters is 1. The summed E-state index contributed by atoms with van der Waals surface area (Å²) in [5, 5.41) is 3.17. The average molecular weight is 322 g/mol. The molecule has 0 saturated heterocycles. The van der Waals surface area contributed by atoms with Crippen LogP contribution in [0.5, 0.6) is 0 Å². The summed E-state index contributed by atoms with van der Waals surface area (Å²) < 4.78 is 5.01. The molecular formula is C17H20ClNO3. The third kappa shape index (κ3) is 4.60. The fraction of sp³-hybridized carbons (Fsp3) is 0.412. The first-order chi connectivity index (χ1) is 10.5. The minimum absolute atomic E-state index is 0.240. The quantitative estimate of drug-likeness (QED) is 0.663. The largest absolute Gasteiger partial charge is 0.456 e. The van der Waals surface area contributed by atoms with Crippen LogP contribution in [-0.2, 0) is 14.3 Å². The standard InChI is InChI=1S/C17H20ClNO3/c1-11-7-12(2)17(14(18)8-11)19-15(20)10-22-16(21)9-13-5-3-4-6-13/h3,5,7-8,13H,4,6,9-10H2,1-2H3,(H,19,20)/t13-/m0/s1. The van der Waals surface area contributed by atoms with Crippen molar-refractivity contribution in [3.63, 3.8) is 0 Å². The fourth-order valence-corrected chi connectivity index (χ4v) is 2.90. The molecule has 1 atom stereocenters. The first-order valence-electron chi connectivity index (χ1n) is 7.34. The Balaban J connectivity index is 1.83. The third-order valence-corrected chi connectivity index (χ3v) is 3.90. The van der Waals surface area contributed by atoms with E-state index in [0.29, 0.717) is 17.1 Å². The summed E-state index contributed by atoms with van der Waals surface area (Å²) in [5.41, 5.74) is 2.46. The fourth-order valence-electron chi connectivity index (χ4n) is 2.53. The predicted octanol–water partition coefficient (Wildman–Crippen LogP) is 3.79. The molecule has 1 aliphatic carbocycles. The van der Waals surface area contributed by atoms with Crippen molar-refractivity contribution in [2.75, 3.05) is 11.9 Å². The van der Waals surface area contributed by atoms with Gasteiger partial charge in [-0.25, -0.2) is 0 Å². The van der Waals surface area contributed by atoms with Gasteiger partial charge in [-0.1, -0.05) is 29.8 Å². The number of benzene rings is 1. The number of hydrogen-bond donors (Lipinski definition) is 1. The van der Waals surface area contributed by atoms with Crippen molar-refractivity contribution in [1.82, 2.24) is 0 Å². The van der Waals surface area contributed by atoms with Gasteiger partial charge in [0, 0.05) is 0 Å². The Bertz CT molecular complexity index is 587. The van der Waals surface area contributed by atoms with Gasteiger partial charge in [-0.15, -0.1) is 0 Å². The molecule has 1 aromatic carbocycles. The average Bonchev–Trinajstić information content (AvgIpc) is 2.93. The molecule has 0 fully saturated rings. The zero-order valence-electron chi connectivity index (χ0n) is 12.8. The second-order valence-electron chi connectivity index (χ2n) is 5.62. The van der Waals surface area contributed by atoms with Crippen molar-refractivity contribution in [1.29, 1.82) is 0 Å². The smallest absolute Gasteiger partial charge is 0.306 e. The number of aryl methyl sites for hydroxylation is 2. The highest BCUT2D eigenvalue weighted by molar-refractivity contribution is 6.34. The van der Waals surface area contributed by atoms with Crippen molar-refractivity contribution in [3.05, 3.63) is 40.4 Å². The Morgan fingerprint density at radius 2 is 2.14 bits per heavy atom. The zero-order chi connectivity index (χ0) is 16.1. The molecule has 0 unspecified atom stereocenters. The van der Waals surface area contributed by atoms with Crippen LogP contribution in [-0.4, -0.2) is 18.5 Å². The van der Waals surface area contributed by atoms with Gasteiger partial charge in [0.15, 0.2) is 6.61 Å². The summed E-state index contributed by atoms with van der Waals surface area (Å²) in [6.45, 7) is 3.51. The number of carbonyl (C=O) groups excluding carboxylic acids is 2. The molecule has 4 nitrogen and oxygen atoms in total. The van der Waals surface area contributed by atoms with Gasteiger partial charge in [-0.05, 0) is 49.8 Å². The van der Waals surface area contributed by atoms with Crippen LogP contribution in [0.1, 0.15) is 30.4 Å². The molecule has 118 valence electrons. The number of rotatable bonds is 5. The van der Waals surface area contributed by atoms with Crippen LogP contribution in [0.3, 0.4) is 0 Å². The first kappa shape index (κ1) is 16.6. The summed E-state index contributed by atoms with van der Waals surface area (Å²) in [4.78, 5) is 23.6. The monoisotopic (exact) mass is 321 g/mol. The lowest BCUT2D eigenvalue weighted by Crippen LogP contribution is -2.22. The number of ether oxygens (including phenoxy) is 1. The van der Waals surface area contributed by atoms with E-state index in [1.165, 1.54) is 0 Å². The Morgan fingerprint density at radius 1 is 1.36 bits per heavy atom. The highest BCUT2D eigenvalue weighted by atomic mass is 35.5. The Hall–Kier alpha value is -1.81. The van der Waals surface area contributed by atoms with Crippen molar-refractivity contribution in [3.8, 4) is 0 Å². The molecule has 1 amide bonds. The molecule has 0 bridgehead atoms. The molecule has 1 aromatic rings. The summed E-state index contributed by atoms with van der Waals surface area (Å²) in [7, 11) is 0. The van der Waals surface area contributed by atoms with E-state index in [9.17, 15) is 9.59 Å². The van der Waals surface area contributed by atoms with Crippen LogP contribution in [0.4, 0.5) is 5.69 Å². The third-order valence-electron chi connectivity index (χ3n) is 3.60. The number of carbonyl (C=O) groups is 2. The van der Waals surface area contributed by atoms with Gasteiger partial charge in [0.05, 0.1) is 17.1 Å². The van der Waals surface area contributed by atoms with Crippen LogP contribution < -0.4 is 5.32 Å². The molecule has 0 heterocycles. The molecule has 1 aliphatic rings. The van der Waals surface area contributed by atoms with Crippen molar-refractivity contribution < 1.29 is 14.3 Å². The van der Waals surface area contributed by atoms with Crippen molar-refractivity contribution in [2.24, 2.45) is 5.92 Å². The molecule has 2 rings (SSSR count). The maximum atomic E-state index is 11.9. The van der Waals surface area contributed by atoms with Gasteiger partial charge in [0.25, 0.3) is 5.91 Å². The van der Waals surface area contributed by atoms with Gasteiger partial charge in [-0.2, -0.15) is 0 Å². The van der Waals surface area contributed by atoms with Crippen LogP contribution in [0.2, 0.25) is 5.02 Å². The SMILES string of the molecule is Cc1cc(C)c(NC(=O)COC(=O)C[C@H]2C=CCC2)c(Cl)c1. The number of amides is 1. The van der Waals surface area contributed by atoms with Gasteiger partial charge in [-0.3, -0.25) is 9.59 Å². The van der Waals surface area contributed by atoms with Crippen LogP contribution in [0, 0.1) is 19.8 Å². The summed E-state index contributed by atoms with van der Waals surface area (Å²) >= 11 is 6.12. The number of anilines is 1. The lowest BCUT2D eigenvalue weighted by Gasteiger charge is -2.12. The molecule has 0 spiro atoms. The minimum atomic E-state index is -0.385. The Kier molecular flexibility index (Phi) is 5.61. The maximum absolute atomic E-state index is 11.9. The van der Waals surface area contributed by atoms with E-state index in [-0.39, 0.29) is 24.4 Å². The van der Waals surface area contributed by atoms with Crippen LogP contribution in [0.15, 0.2) is 24.3 Å². The number of halogens is 1. The highest BCUT2D eigenvalue weighted by Gasteiger charge is 2.16. The lowest BCUT2D eigenvalue weighted by molar-refractivity contribution is -0.147. The molecule has 22 heavy (non-hydrogen) atoms. The van der Waals surface area contributed by atoms with E-state index in [2.05, 4.69) is 11.4 Å². The van der Waals surface area contributed by atoms with E-state index >= 15 is 0 Å². The molecule has 1 N–H and O–H groups in total. The van der Waals surface area contributed by atoms with E-state index in [4.69, 9.17) is 16.3 Å². The molecule has 5 heteroatoms. The van der Waals surface area contributed by atoms with Crippen LogP contribution >= 0.6 is 11.6 Å². The van der Waals surface area contributed by atoms with Crippen molar-refractivity contribution in [2.45, 2.75) is 33.1 Å². The number of hydrogen-bond acceptors (Lipinski definition) is 3. The predicted molar refractivity (Wildman–Crippen MR) is 87.0 cm³/mol. The zero-order valence-corrected chi connectivity index (χ0v) is 13.6. The number of allylic oxidation sites excluding steroid dienone is 2. The molecule has 0 saturated carbocycles. The first-order valence-corrected chi connectivity index (χ1v) is 7.72. The van der Waals surface area contributed by atoms with Gasteiger partial charge < -0.3 is 10.1 Å². The lowest BCUT2D eigenvalue weighted by atomic mass is 10.1. The van der Waals surface area contributed by atoms with Gasteiger partial charge in [0.1, 0.15) is 0 Å². The summed E-state index contributed by atoms with van der Waals surface area (Å²) in [6.07, 6.45) is 6.39. The maximum Gasteiger partial charge on any atom is 0.306 e. The molecule has 0 aliphatic heterocycles. The van der Waals surface area contributed by atoms with Gasteiger partial charge in [0.2, 0.25) is 0 Å². The highest BCUT2D eigenvalue weighted by Crippen LogP contribution is 2.27. The molecular weight excluding hydrogens is 302 g/mol. The summed E-state index contributed by atoms with van der Waals surface area (Å²) in [5.74, 6) is -0.494. The van der Waals surface area contributed by atoms with Crippen molar-refractivity contribution >= 4 is 29.2 Å². The Labute approximate surface area is 135 Å². The topological polar surface area (TPSA) is 55.4 Å². The van der Waals surface area contributed by atoms with E-state index < -0.39 is 0 Å². The second kappa shape index (κ2) is 7.45. The van der Waals surface area contributed by atoms with Crippen LogP contribution in [0.25, 0.3) is 0 Å². The van der Waals surface area contributed by atoms with E-state index in [0.717, 1.165) is 24.0 Å². The van der Waals surface area contributed by atoms with E-state index in [1.807, 2.05) is 26.0 Å². The minimum Gasteiger partial charge on any atom is -0.456 e. The summed E-state index contributed by atoms with van der Waals surface area (Å²) in [6, 6.07) is 3.71. The normalized spacial score (nSPS) is 16.6. The number of nitrogens with one attached hydrogen (secondary N) is 1. The second-order valence-corrected chi connectivity index (χ2v) is 6.02. The molecule has 0 radical (unpaired) electrons. The van der Waals surface area contributed by atoms with E-state index in [1.54, 1.807) is 6.07 Å². The Morgan fingerprint density at radius 3 is 2.77 bits per heavy atom. The van der Waals surface area contributed by atoms with Gasteiger partial charge >= 0.3 is 5.97 Å². The molecule has 0 aromatic heterocycles.